The minimum atomic E-state index is 0.849. The molecule has 0 amide bonds. The van der Waals surface area contributed by atoms with Crippen LogP contribution in [0.2, 0.25) is 0 Å². The van der Waals surface area contributed by atoms with E-state index in [1.54, 1.807) is 0 Å². The average Bonchev–Trinajstić information content (AvgIpc) is 2.43. The molecule has 0 spiro atoms. The third-order valence-corrected chi connectivity index (χ3v) is 5.26. The summed E-state index contributed by atoms with van der Waals surface area (Å²) in [5.41, 5.74) is 2.87. The lowest BCUT2D eigenvalue weighted by Crippen LogP contribution is -2.15. The van der Waals surface area contributed by atoms with Gasteiger partial charge in [0.1, 0.15) is 0 Å². The minimum absolute atomic E-state index is 0.849. The van der Waals surface area contributed by atoms with Crippen LogP contribution >= 0.6 is 11.8 Å². The highest BCUT2D eigenvalue weighted by Crippen LogP contribution is 2.35. The average molecular weight is 277 g/mol. The van der Waals surface area contributed by atoms with Gasteiger partial charge in [-0.25, -0.2) is 0 Å². The highest BCUT2D eigenvalue weighted by molar-refractivity contribution is 8.00. The van der Waals surface area contributed by atoms with Crippen molar-refractivity contribution in [3.8, 4) is 0 Å². The quantitative estimate of drug-likeness (QED) is 0.741. The van der Waals surface area contributed by atoms with Gasteiger partial charge >= 0.3 is 0 Å². The molecule has 106 valence electrons. The van der Waals surface area contributed by atoms with Crippen LogP contribution < -0.4 is 5.32 Å². The van der Waals surface area contributed by atoms with Crippen molar-refractivity contribution in [1.29, 1.82) is 0 Å². The zero-order valence-electron chi connectivity index (χ0n) is 12.4. The van der Waals surface area contributed by atoms with Gasteiger partial charge in [0, 0.05) is 16.7 Å². The van der Waals surface area contributed by atoms with Crippen LogP contribution in [0.5, 0.6) is 0 Å². The Labute approximate surface area is 122 Å². The molecule has 0 aliphatic heterocycles. The molecule has 0 heterocycles. The Balaban J connectivity index is 2.00. The van der Waals surface area contributed by atoms with Crippen LogP contribution in [-0.4, -0.2) is 11.8 Å². The van der Waals surface area contributed by atoms with E-state index < -0.39 is 0 Å². The predicted octanol–water partition coefficient (Wildman–Crippen LogP) is 4.92. The van der Waals surface area contributed by atoms with Gasteiger partial charge in [0.2, 0.25) is 0 Å². The number of hydrogen-bond donors (Lipinski definition) is 1. The first-order valence-corrected chi connectivity index (χ1v) is 8.64. The minimum Gasteiger partial charge on any atom is -0.313 e. The number of aryl methyl sites for hydroxylation is 1. The fourth-order valence-electron chi connectivity index (χ4n) is 2.72. The smallest absolute Gasteiger partial charge is 0.0216 e. The topological polar surface area (TPSA) is 12.0 Å². The second-order valence-corrected chi connectivity index (χ2v) is 7.01. The van der Waals surface area contributed by atoms with Crippen molar-refractivity contribution in [2.45, 2.75) is 69.1 Å². The van der Waals surface area contributed by atoms with E-state index in [2.05, 4.69) is 49.1 Å². The highest BCUT2D eigenvalue weighted by atomic mass is 32.2. The molecule has 1 saturated carbocycles. The Kier molecular flexibility index (Phi) is 6.25. The molecule has 2 rings (SSSR count). The van der Waals surface area contributed by atoms with Crippen LogP contribution in [-0.2, 0) is 6.54 Å². The normalized spacial score (nSPS) is 16.7. The van der Waals surface area contributed by atoms with Crippen molar-refractivity contribution < 1.29 is 0 Å². The maximum absolute atomic E-state index is 3.54. The predicted molar refractivity (Wildman–Crippen MR) is 85.9 cm³/mol. The van der Waals surface area contributed by atoms with E-state index in [-0.39, 0.29) is 0 Å². The first-order chi connectivity index (χ1) is 9.29. The van der Waals surface area contributed by atoms with E-state index in [9.17, 15) is 0 Å². The van der Waals surface area contributed by atoms with Crippen molar-refractivity contribution >= 4 is 11.8 Å². The number of rotatable bonds is 6. The Morgan fingerprint density at radius 3 is 2.74 bits per heavy atom. The Bertz CT molecular complexity index is 383. The second-order valence-electron chi connectivity index (χ2n) is 5.67. The number of benzene rings is 1. The van der Waals surface area contributed by atoms with E-state index in [1.165, 1.54) is 54.5 Å². The number of thioether (sulfide) groups is 1. The molecule has 19 heavy (non-hydrogen) atoms. The summed E-state index contributed by atoms with van der Waals surface area (Å²) >= 11 is 2.12. The van der Waals surface area contributed by atoms with E-state index >= 15 is 0 Å². The monoisotopic (exact) mass is 277 g/mol. The summed E-state index contributed by atoms with van der Waals surface area (Å²) < 4.78 is 0. The molecule has 0 unspecified atom stereocenters. The molecule has 1 nitrogen and oxygen atoms in total. The van der Waals surface area contributed by atoms with Gasteiger partial charge in [0.05, 0.1) is 0 Å². The van der Waals surface area contributed by atoms with Crippen LogP contribution in [0.4, 0.5) is 0 Å². The molecular formula is C17H27NS. The fourth-order valence-corrected chi connectivity index (χ4v) is 4.08. The first-order valence-electron chi connectivity index (χ1n) is 7.76. The molecule has 0 atom stereocenters. The molecule has 1 aliphatic rings. The summed E-state index contributed by atoms with van der Waals surface area (Å²) in [6.45, 7) is 6.55. The molecule has 1 fully saturated rings. The Hall–Kier alpha value is -0.470. The SMILES string of the molecule is CCCNCc1cc(C)ccc1SC1CCCCC1. The first kappa shape index (κ1) is 14.9. The zero-order chi connectivity index (χ0) is 13.5. The molecule has 1 N–H and O–H groups in total. The Morgan fingerprint density at radius 2 is 2.00 bits per heavy atom. The van der Waals surface area contributed by atoms with Gasteiger partial charge in [-0.3, -0.25) is 0 Å². The van der Waals surface area contributed by atoms with Crippen LogP contribution in [0.1, 0.15) is 56.6 Å². The van der Waals surface area contributed by atoms with Gasteiger partial charge in [-0.2, -0.15) is 0 Å². The summed E-state index contributed by atoms with van der Waals surface area (Å²) in [7, 11) is 0. The molecular weight excluding hydrogens is 250 g/mol. The number of nitrogens with one attached hydrogen (secondary N) is 1. The Morgan fingerprint density at radius 1 is 1.21 bits per heavy atom. The van der Waals surface area contributed by atoms with Crippen LogP contribution in [0, 0.1) is 6.92 Å². The zero-order valence-corrected chi connectivity index (χ0v) is 13.2. The summed E-state index contributed by atoms with van der Waals surface area (Å²) in [4.78, 5) is 1.50. The van der Waals surface area contributed by atoms with Crippen LogP contribution in [0.15, 0.2) is 23.1 Å². The van der Waals surface area contributed by atoms with Gasteiger partial charge in [0.25, 0.3) is 0 Å². The summed E-state index contributed by atoms with van der Waals surface area (Å²) in [5, 5.41) is 4.39. The third-order valence-electron chi connectivity index (χ3n) is 3.80. The molecule has 2 heteroatoms. The highest BCUT2D eigenvalue weighted by Gasteiger charge is 2.16. The van der Waals surface area contributed by atoms with Crippen molar-refractivity contribution in [3.63, 3.8) is 0 Å². The maximum Gasteiger partial charge on any atom is 0.0216 e. The molecule has 0 radical (unpaired) electrons. The summed E-state index contributed by atoms with van der Waals surface area (Å²) in [6, 6.07) is 6.94. The standard InChI is InChI=1S/C17H27NS/c1-3-11-18-13-15-12-14(2)9-10-17(15)19-16-7-5-4-6-8-16/h9-10,12,16,18H,3-8,11,13H2,1-2H3. The van der Waals surface area contributed by atoms with E-state index in [0.717, 1.165) is 18.3 Å². The van der Waals surface area contributed by atoms with Gasteiger partial charge in [-0.1, -0.05) is 43.9 Å². The van der Waals surface area contributed by atoms with Crippen molar-refractivity contribution in [2.24, 2.45) is 0 Å². The second kappa shape index (κ2) is 7.96. The van der Waals surface area contributed by atoms with Gasteiger partial charge in [0.15, 0.2) is 0 Å². The van der Waals surface area contributed by atoms with Crippen molar-refractivity contribution in [2.75, 3.05) is 6.54 Å². The van der Waals surface area contributed by atoms with Crippen LogP contribution in [0.3, 0.4) is 0 Å². The van der Waals surface area contributed by atoms with Crippen molar-refractivity contribution in [3.05, 3.63) is 29.3 Å². The molecule has 0 saturated heterocycles. The molecule has 0 aromatic heterocycles. The lowest BCUT2D eigenvalue weighted by molar-refractivity contribution is 0.516. The lowest BCUT2D eigenvalue weighted by atomic mass is 10.0. The fraction of sp³-hybridized carbons (Fsp3) is 0.647. The van der Waals surface area contributed by atoms with E-state index in [0.29, 0.717) is 0 Å². The van der Waals surface area contributed by atoms with Crippen molar-refractivity contribution in [1.82, 2.24) is 5.32 Å². The largest absolute Gasteiger partial charge is 0.313 e. The summed E-state index contributed by atoms with van der Waals surface area (Å²) in [5.74, 6) is 0. The third kappa shape index (κ3) is 4.85. The molecule has 0 bridgehead atoms. The van der Waals surface area contributed by atoms with Gasteiger partial charge in [-0.15, -0.1) is 11.8 Å². The summed E-state index contributed by atoms with van der Waals surface area (Å²) in [6.07, 6.45) is 8.30. The van der Waals surface area contributed by atoms with Gasteiger partial charge in [-0.05, 0) is 44.4 Å². The molecule has 1 aliphatic carbocycles. The number of hydrogen-bond acceptors (Lipinski definition) is 2. The lowest BCUT2D eigenvalue weighted by Gasteiger charge is -2.22. The van der Waals surface area contributed by atoms with Gasteiger partial charge < -0.3 is 5.32 Å². The maximum atomic E-state index is 3.54. The van der Waals surface area contributed by atoms with Crippen LogP contribution in [0.25, 0.3) is 0 Å². The molecule has 1 aromatic carbocycles. The van der Waals surface area contributed by atoms with E-state index in [1.807, 2.05) is 0 Å². The molecule has 1 aromatic rings. The van der Waals surface area contributed by atoms with E-state index in [4.69, 9.17) is 0 Å².